The molecule has 0 amide bonds. The maximum Gasteiger partial charge on any atom is 0.333 e. The predicted molar refractivity (Wildman–Crippen MR) is 111 cm³/mol. The van der Waals surface area contributed by atoms with Crippen molar-refractivity contribution in [2.24, 2.45) is 5.92 Å². The molecular formula is C23H44O3. The molecule has 0 aliphatic heterocycles. The lowest BCUT2D eigenvalue weighted by molar-refractivity contribution is -0.139. The van der Waals surface area contributed by atoms with Gasteiger partial charge in [0.05, 0.1) is 12.2 Å². The Morgan fingerprint density at radius 2 is 1.50 bits per heavy atom. The summed E-state index contributed by atoms with van der Waals surface area (Å²) in [5.74, 6) is 0.256. The van der Waals surface area contributed by atoms with Crippen LogP contribution in [0.5, 0.6) is 0 Å². The molecule has 0 aliphatic rings. The first-order valence-electron chi connectivity index (χ1n) is 10.9. The Morgan fingerprint density at radius 3 is 2.04 bits per heavy atom. The zero-order valence-corrected chi connectivity index (χ0v) is 18.2. The van der Waals surface area contributed by atoms with Gasteiger partial charge in [0.1, 0.15) is 0 Å². The summed E-state index contributed by atoms with van der Waals surface area (Å²) in [5.41, 5.74) is 0.440. The predicted octanol–water partition coefficient (Wildman–Crippen LogP) is 6.85. The molecular weight excluding hydrogens is 324 g/mol. The van der Waals surface area contributed by atoms with Gasteiger partial charge >= 0.3 is 5.97 Å². The fraction of sp³-hybridized carbons (Fsp3) is 0.870. The average Bonchev–Trinajstić information content (AvgIpc) is 2.64. The highest BCUT2D eigenvalue weighted by atomic mass is 16.5. The first kappa shape index (κ1) is 25.2. The van der Waals surface area contributed by atoms with E-state index in [-0.39, 0.29) is 11.6 Å². The molecule has 0 spiro atoms. The molecule has 0 heterocycles. The number of carbonyl (C=O) groups excluding carboxylic acids is 1. The van der Waals surface area contributed by atoms with Crippen LogP contribution < -0.4 is 0 Å². The Balaban J connectivity index is 4.61. The van der Waals surface area contributed by atoms with E-state index in [0.717, 1.165) is 32.3 Å². The zero-order chi connectivity index (χ0) is 19.8. The molecule has 0 radical (unpaired) electrons. The van der Waals surface area contributed by atoms with Gasteiger partial charge in [0.15, 0.2) is 0 Å². The van der Waals surface area contributed by atoms with Crippen molar-refractivity contribution < 1.29 is 14.3 Å². The summed E-state index contributed by atoms with van der Waals surface area (Å²) in [4.78, 5) is 11.5. The van der Waals surface area contributed by atoms with E-state index in [1.807, 2.05) is 0 Å². The molecule has 1 atom stereocenters. The van der Waals surface area contributed by atoms with Gasteiger partial charge < -0.3 is 9.47 Å². The second-order valence-electron chi connectivity index (χ2n) is 7.52. The van der Waals surface area contributed by atoms with E-state index >= 15 is 0 Å². The molecule has 0 saturated heterocycles. The zero-order valence-electron chi connectivity index (χ0n) is 18.2. The molecule has 0 N–H and O–H groups in total. The fourth-order valence-corrected chi connectivity index (χ4v) is 3.90. The summed E-state index contributed by atoms with van der Waals surface area (Å²) < 4.78 is 11.6. The molecule has 0 aliphatic carbocycles. The van der Waals surface area contributed by atoms with Crippen LogP contribution in [-0.4, -0.2) is 24.8 Å². The summed E-state index contributed by atoms with van der Waals surface area (Å²) in [7, 11) is 0. The summed E-state index contributed by atoms with van der Waals surface area (Å²) in [5, 5.41) is 0. The fourth-order valence-electron chi connectivity index (χ4n) is 3.90. The van der Waals surface area contributed by atoms with Crippen molar-refractivity contribution in [1.29, 1.82) is 0 Å². The summed E-state index contributed by atoms with van der Waals surface area (Å²) in [6, 6.07) is 0. The van der Waals surface area contributed by atoms with Crippen LogP contribution in [-0.2, 0) is 14.3 Å². The van der Waals surface area contributed by atoms with Gasteiger partial charge in [-0.25, -0.2) is 4.79 Å². The lowest BCUT2D eigenvalue weighted by atomic mass is 9.77. The second-order valence-corrected chi connectivity index (χ2v) is 7.52. The van der Waals surface area contributed by atoms with Crippen molar-refractivity contribution in [1.82, 2.24) is 0 Å². The van der Waals surface area contributed by atoms with Crippen molar-refractivity contribution in [2.45, 2.75) is 111 Å². The second kappa shape index (κ2) is 15.2. The molecule has 3 heteroatoms. The molecule has 0 unspecified atom stereocenters. The molecule has 0 rings (SSSR count). The van der Waals surface area contributed by atoms with Crippen molar-refractivity contribution >= 4 is 5.97 Å². The first-order chi connectivity index (χ1) is 12.5. The smallest absolute Gasteiger partial charge is 0.333 e. The maximum absolute atomic E-state index is 11.5. The minimum absolute atomic E-state index is 0.0312. The van der Waals surface area contributed by atoms with Crippen molar-refractivity contribution in [3.8, 4) is 0 Å². The van der Waals surface area contributed by atoms with E-state index < -0.39 is 0 Å². The number of rotatable bonds is 17. The highest BCUT2D eigenvalue weighted by molar-refractivity contribution is 5.86. The summed E-state index contributed by atoms with van der Waals surface area (Å²) >= 11 is 0. The van der Waals surface area contributed by atoms with Crippen LogP contribution in [0.15, 0.2) is 12.2 Å². The molecule has 26 heavy (non-hydrogen) atoms. The Hall–Kier alpha value is -0.830. The van der Waals surface area contributed by atoms with Crippen molar-refractivity contribution in [3.05, 3.63) is 12.2 Å². The number of carbonyl (C=O) groups is 1. The Kier molecular flexibility index (Phi) is 14.8. The average molecular weight is 369 g/mol. The minimum atomic E-state index is -0.278. The molecule has 0 aromatic rings. The molecule has 154 valence electrons. The minimum Gasteiger partial charge on any atom is -0.462 e. The van der Waals surface area contributed by atoms with Crippen LogP contribution in [0.3, 0.4) is 0 Å². The standard InChI is InChI=1S/C23H44O3/c1-7-11-12-13-14-15-17-21(23(8-2,9-3)26-10-4)18-16-19-25-22(24)20(5)6/h21H,5,7-19H2,1-4,6H3/t21-/m1/s1. The molecule has 0 saturated carbocycles. The Morgan fingerprint density at radius 1 is 0.923 bits per heavy atom. The van der Waals surface area contributed by atoms with Gasteiger partial charge in [-0.3, -0.25) is 0 Å². The third-order valence-electron chi connectivity index (χ3n) is 5.56. The topological polar surface area (TPSA) is 35.5 Å². The normalized spacial score (nSPS) is 12.8. The van der Waals surface area contributed by atoms with Gasteiger partial charge in [-0.05, 0) is 51.9 Å². The highest BCUT2D eigenvalue weighted by Gasteiger charge is 2.35. The lowest BCUT2D eigenvalue weighted by Crippen LogP contribution is -2.40. The number of ether oxygens (including phenoxy) is 2. The number of hydrogen-bond donors (Lipinski definition) is 0. The van der Waals surface area contributed by atoms with Gasteiger partial charge in [0.2, 0.25) is 0 Å². The van der Waals surface area contributed by atoms with Crippen LogP contribution in [0, 0.1) is 5.92 Å². The lowest BCUT2D eigenvalue weighted by Gasteiger charge is -2.40. The quantitative estimate of drug-likeness (QED) is 0.160. The Bertz CT molecular complexity index is 372. The van der Waals surface area contributed by atoms with Gasteiger partial charge in [-0.1, -0.05) is 65.9 Å². The van der Waals surface area contributed by atoms with Crippen LogP contribution in [0.25, 0.3) is 0 Å². The van der Waals surface area contributed by atoms with E-state index in [1.54, 1.807) is 6.92 Å². The third kappa shape index (κ3) is 9.75. The van der Waals surface area contributed by atoms with Crippen molar-refractivity contribution in [3.63, 3.8) is 0 Å². The van der Waals surface area contributed by atoms with E-state index in [1.165, 1.54) is 44.9 Å². The highest BCUT2D eigenvalue weighted by Crippen LogP contribution is 2.36. The Labute approximate surface area is 162 Å². The monoisotopic (exact) mass is 368 g/mol. The number of unbranched alkanes of at least 4 members (excludes halogenated alkanes) is 5. The van der Waals surface area contributed by atoms with Gasteiger partial charge in [-0.15, -0.1) is 0 Å². The van der Waals surface area contributed by atoms with E-state index in [9.17, 15) is 4.79 Å². The van der Waals surface area contributed by atoms with Gasteiger partial charge in [0, 0.05) is 12.2 Å². The van der Waals surface area contributed by atoms with E-state index in [2.05, 4.69) is 34.3 Å². The number of esters is 1. The van der Waals surface area contributed by atoms with Crippen LogP contribution in [0.2, 0.25) is 0 Å². The molecule has 3 nitrogen and oxygen atoms in total. The molecule has 0 aromatic heterocycles. The van der Waals surface area contributed by atoms with Gasteiger partial charge in [-0.2, -0.15) is 0 Å². The van der Waals surface area contributed by atoms with E-state index in [0.29, 0.717) is 18.1 Å². The summed E-state index contributed by atoms with van der Waals surface area (Å²) in [6.07, 6.45) is 13.2. The van der Waals surface area contributed by atoms with Crippen LogP contribution in [0.4, 0.5) is 0 Å². The molecule has 0 fully saturated rings. The third-order valence-corrected chi connectivity index (χ3v) is 5.56. The maximum atomic E-state index is 11.5. The van der Waals surface area contributed by atoms with Crippen molar-refractivity contribution in [2.75, 3.05) is 13.2 Å². The first-order valence-corrected chi connectivity index (χ1v) is 10.9. The van der Waals surface area contributed by atoms with E-state index in [4.69, 9.17) is 9.47 Å². The van der Waals surface area contributed by atoms with Crippen LogP contribution in [0.1, 0.15) is 105 Å². The molecule has 0 aromatic carbocycles. The van der Waals surface area contributed by atoms with Gasteiger partial charge in [0.25, 0.3) is 0 Å². The number of hydrogen-bond acceptors (Lipinski definition) is 3. The summed E-state index contributed by atoms with van der Waals surface area (Å²) in [6.45, 7) is 15.4. The van der Waals surface area contributed by atoms with Crippen LogP contribution >= 0.6 is 0 Å². The SMILES string of the molecule is C=C(C)C(=O)OCCC[C@@H](CCCCCCCC)C(CC)(CC)OCC. The largest absolute Gasteiger partial charge is 0.462 e. The molecule has 0 bridgehead atoms.